The first-order valence-electron chi connectivity index (χ1n) is 8.79. The maximum absolute atomic E-state index is 4.75. The highest BCUT2D eigenvalue weighted by molar-refractivity contribution is 6.01. The first kappa shape index (κ1) is 15.4. The summed E-state index contributed by atoms with van der Waals surface area (Å²) in [6, 6.07) is 15.7. The Labute approximate surface area is 144 Å². The van der Waals surface area contributed by atoms with Crippen LogP contribution in [0.1, 0.15) is 51.3 Å². The van der Waals surface area contributed by atoms with Crippen molar-refractivity contribution in [2.24, 2.45) is 5.41 Å². The molecule has 1 heteroatoms. The Hall–Kier alpha value is -2.15. The number of benzene rings is 2. The molecule has 1 heterocycles. The molecule has 0 amide bonds. The van der Waals surface area contributed by atoms with E-state index in [2.05, 4.69) is 77.1 Å². The van der Waals surface area contributed by atoms with Gasteiger partial charge in [0.15, 0.2) is 0 Å². The largest absolute Gasteiger partial charge is 0.256 e. The molecule has 122 valence electrons. The Morgan fingerprint density at radius 3 is 2.46 bits per heavy atom. The minimum absolute atomic E-state index is 0.00122. The van der Waals surface area contributed by atoms with Crippen molar-refractivity contribution in [3.63, 3.8) is 0 Å². The van der Waals surface area contributed by atoms with Crippen molar-refractivity contribution >= 4 is 10.8 Å². The second-order valence-electron chi connectivity index (χ2n) is 8.81. The van der Waals surface area contributed by atoms with Crippen LogP contribution in [-0.2, 0) is 11.8 Å². The van der Waals surface area contributed by atoms with Crippen LogP contribution in [0, 0.1) is 5.41 Å². The van der Waals surface area contributed by atoms with E-state index in [1.165, 1.54) is 33.0 Å². The van der Waals surface area contributed by atoms with Crippen molar-refractivity contribution in [1.82, 2.24) is 4.98 Å². The fourth-order valence-electron chi connectivity index (χ4n) is 4.17. The molecule has 0 radical (unpaired) electrons. The van der Waals surface area contributed by atoms with Crippen LogP contribution in [0.3, 0.4) is 0 Å². The number of hydrogen-bond acceptors (Lipinski definition) is 1. The second kappa shape index (κ2) is 4.92. The maximum atomic E-state index is 4.75. The molecule has 0 aliphatic heterocycles. The average molecular weight is 315 g/mol. The molecule has 0 saturated carbocycles. The molecular formula is C23H25N. The molecule has 1 aliphatic rings. The predicted octanol–water partition coefficient (Wildman–Crippen LogP) is 6.13. The second-order valence-corrected chi connectivity index (χ2v) is 8.81. The van der Waals surface area contributed by atoms with E-state index in [-0.39, 0.29) is 10.8 Å². The average Bonchev–Trinajstić information content (AvgIpc) is 2.51. The third kappa shape index (κ3) is 2.26. The molecule has 0 spiro atoms. The molecule has 3 aromatic rings. The minimum Gasteiger partial charge on any atom is -0.256 e. The SMILES string of the molecule is CC(C)(C)Cc1cc2c3c(nccc3c1)-c1ccccc1C2(C)C. The lowest BCUT2D eigenvalue weighted by Gasteiger charge is -2.35. The number of rotatable bonds is 1. The van der Waals surface area contributed by atoms with Crippen LogP contribution in [0.25, 0.3) is 22.0 Å². The molecule has 0 N–H and O–H groups in total. The zero-order valence-corrected chi connectivity index (χ0v) is 15.3. The van der Waals surface area contributed by atoms with Crippen LogP contribution in [0.4, 0.5) is 0 Å². The van der Waals surface area contributed by atoms with Crippen molar-refractivity contribution in [1.29, 1.82) is 0 Å². The molecule has 1 aliphatic carbocycles. The molecule has 0 atom stereocenters. The molecule has 0 saturated heterocycles. The summed E-state index contributed by atoms with van der Waals surface area (Å²) in [5.41, 5.74) is 6.93. The van der Waals surface area contributed by atoms with Crippen molar-refractivity contribution in [3.05, 3.63) is 65.4 Å². The van der Waals surface area contributed by atoms with E-state index < -0.39 is 0 Å². The van der Waals surface area contributed by atoms with Crippen molar-refractivity contribution in [2.45, 2.75) is 46.5 Å². The standard InChI is InChI=1S/C23H25N/c1-22(2,3)14-15-12-16-10-11-24-21-17-8-6-7-9-18(17)23(4,5)19(13-15)20(16)21/h6-13H,14H2,1-5H3. The van der Waals surface area contributed by atoms with Gasteiger partial charge < -0.3 is 0 Å². The summed E-state index contributed by atoms with van der Waals surface area (Å²) < 4.78 is 0. The van der Waals surface area contributed by atoms with Gasteiger partial charge in [0, 0.05) is 22.6 Å². The number of aromatic nitrogens is 1. The molecule has 24 heavy (non-hydrogen) atoms. The summed E-state index contributed by atoms with van der Waals surface area (Å²) in [4.78, 5) is 4.75. The van der Waals surface area contributed by atoms with E-state index >= 15 is 0 Å². The summed E-state index contributed by atoms with van der Waals surface area (Å²) in [6.45, 7) is 11.6. The Bertz CT molecular complexity index is 942. The quantitative estimate of drug-likeness (QED) is 0.526. The van der Waals surface area contributed by atoms with Gasteiger partial charge in [0.2, 0.25) is 0 Å². The maximum Gasteiger partial charge on any atom is 0.0786 e. The lowest BCUT2D eigenvalue weighted by Crippen LogP contribution is -2.24. The van der Waals surface area contributed by atoms with Crippen LogP contribution in [0.5, 0.6) is 0 Å². The van der Waals surface area contributed by atoms with Gasteiger partial charge in [-0.05, 0) is 40.0 Å². The number of hydrogen-bond donors (Lipinski definition) is 0. The molecule has 1 aromatic heterocycles. The van der Waals surface area contributed by atoms with Gasteiger partial charge in [-0.25, -0.2) is 0 Å². The summed E-state index contributed by atoms with van der Waals surface area (Å²) in [7, 11) is 0. The Kier molecular flexibility index (Phi) is 3.16. The van der Waals surface area contributed by atoms with E-state index in [1.54, 1.807) is 0 Å². The van der Waals surface area contributed by atoms with Gasteiger partial charge in [-0.3, -0.25) is 4.98 Å². The fourth-order valence-corrected chi connectivity index (χ4v) is 4.17. The minimum atomic E-state index is -0.00122. The number of pyridine rings is 1. The molecule has 0 unspecified atom stereocenters. The first-order valence-corrected chi connectivity index (χ1v) is 8.79. The molecule has 2 aromatic carbocycles. The molecule has 0 fully saturated rings. The topological polar surface area (TPSA) is 12.9 Å². The lowest BCUT2D eigenvalue weighted by atomic mass is 9.69. The third-order valence-electron chi connectivity index (χ3n) is 5.19. The van der Waals surface area contributed by atoms with Crippen LogP contribution >= 0.6 is 0 Å². The first-order chi connectivity index (χ1) is 11.3. The van der Waals surface area contributed by atoms with Crippen molar-refractivity contribution < 1.29 is 0 Å². The van der Waals surface area contributed by atoms with E-state index in [4.69, 9.17) is 4.98 Å². The van der Waals surface area contributed by atoms with Crippen LogP contribution < -0.4 is 0 Å². The summed E-state index contributed by atoms with van der Waals surface area (Å²) in [6.07, 6.45) is 3.04. The van der Waals surface area contributed by atoms with E-state index in [9.17, 15) is 0 Å². The summed E-state index contributed by atoms with van der Waals surface area (Å²) >= 11 is 0. The van der Waals surface area contributed by atoms with Crippen LogP contribution in [0.2, 0.25) is 0 Å². The smallest absolute Gasteiger partial charge is 0.0786 e. The van der Waals surface area contributed by atoms with Gasteiger partial charge in [0.25, 0.3) is 0 Å². The lowest BCUT2D eigenvalue weighted by molar-refractivity contribution is 0.411. The molecule has 1 nitrogen and oxygen atoms in total. The van der Waals surface area contributed by atoms with Crippen LogP contribution in [-0.4, -0.2) is 4.98 Å². The van der Waals surface area contributed by atoms with Gasteiger partial charge >= 0.3 is 0 Å². The van der Waals surface area contributed by atoms with Gasteiger partial charge in [0.1, 0.15) is 0 Å². The van der Waals surface area contributed by atoms with Gasteiger partial charge in [-0.2, -0.15) is 0 Å². The van der Waals surface area contributed by atoms with Crippen molar-refractivity contribution in [3.8, 4) is 11.3 Å². The van der Waals surface area contributed by atoms with E-state index in [1.807, 2.05) is 6.20 Å². The van der Waals surface area contributed by atoms with E-state index in [0.29, 0.717) is 0 Å². The predicted molar refractivity (Wildman–Crippen MR) is 102 cm³/mol. The van der Waals surface area contributed by atoms with E-state index in [0.717, 1.165) is 12.1 Å². The molecule has 4 rings (SSSR count). The zero-order valence-electron chi connectivity index (χ0n) is 15.3. The normalized spacial score (nSPS) is 15.4. The zero-order chi connectivity index (χ0) is 17.1. The third-order valence-corrected chi connectivity index (χ3v) is 5.19. The molecule has 0 bridgehead atoms. The fraction of sp³-hybridized carbons (Fsp3) is 0.348. The number of nitrogens with zero attached hydrogens (tertiary/aromatic N) is 1. The Morgan fingerprint density at radius 2 is 1.71 bits per heavy atom. The number of fused-ring (bicyclic) bond motifs is 2. The Morgan fingerprint density at radius 1 is 0.958 bits per heavy atom. The summed E-state index contributed by atoms with van der Waals surface area (Å²) in [5, 5.41) is 2.65. The highest BCUT2D eigenvalue weighted by atomic mass is 14.7. The highest BCUT2D eigenvalue weighted by Gasteiger charge is 2.34. The Balaban J connectivity index is 2.08. The van der Waals surface area contributed by atoms with Crippen LogP contribution in [0.15, 0.2) is 48.7 Å². The monoisotopic (exact) mass is 315 g/mol. The molecular weight excluding hydrogens is 290 g/mol. The summed E-state index contributed by atoms with van der Waals surface area (Å²) in [5.74, 6) is 0. The van der Waals surface area contributed by atoms with Crippen molar-refractivity contribution in [2.75, 3.05) is 0 Å². The van der Waals surface area contributed by atoms with Gasteiger partial charge in [0.05, 0.1) is 5.69 Å². The highest BCUT2D eigenvalue weighted by Crippen LogP contribution is 2.48. The van der Waals surface area contributed by atoms with Gasteiger partial charge in [-0.15, -0.1) is 0 Å². The van der Waals surface area contributed by atoms with Gasteiger partial charge in [-0.1, -0.05) is 71.0 Å².